The average Bonchev–Trinajstić information content (AvgIpc) is 3.11. The van der Waals surface area contributed by atoms with Crippen LogP contribution in [-0.2, 0) is 0 Å². The van der Waals surface area contributed by atoms with Crippen LogP contribution in [0, 0.1) is 12.8 Å². The lowest BCUT2D eigenvalue weighted by molar-refractivity contribution is 0.112. The zero-order valence-corrected chi connectivity index (χ0v) is 17.1. The van der Waals surface area contributed by atoms with Crippen molar-refractivity contribution in [3.05, 3.63) is 76.2 Å². The zero-order valence-electron chi connectivity index (χ0n) is 16.3. The third-order valence-corrected chi connectivity index (χ3v) is 4.72. The van der Waals surface area contributed by atoms with Crippen molar-refractivity contribution in [1.29, 1.82) is 0 Å². The molecule has 1 N–H and O–H groups in total. The standard InChI is InChI=1S/C20H16O2S.C4H10/c1-14-12-15(5-10-19(14)22)4-8-18-9-11-20(23-18)17-6-2-16(13-21)3-7-17;1-4(2)3/h2-13,22H,1H3;4H,1-3H3/b8-4+;. The fourth-order valence-corrected chi connectivity index (χ4v) is 3.20. The summed E-state index contributed by atoms with van der Waals surface area (Å²) in [6.07, 6.45) is 4.96. The maximum absolute atomic E-state index is 10.7. The maximum Gasteiger partial charge on any atom is 0.150 e. The maximum atomic E-state index is 10.7. The molecule has 0 aliphatic carbocycles. The van der Waals surface area contributed by atoms with Gasteiger partial charge in [-0.15, -0.1) is 11.3 Å². The van der Waals surface area contributed by atoms with E-state index < -0.39 is 0 Å². The number of aromatic hydroxyl groups is 1. The first kappa shape index (κ1) is 20.7. The van der Waals surface area contributed by atoms with E-state index in [1.54, 1.807) is 17.4 Å². The molecule has 0 bridgehead atoms. The van der Waals surface area contributed by atoms with Gasteiger partial charge in [0.25, 0.3) is 0 Å². The van der Waals surface area contributed by atoms with Crippen molar-refractivity contribution in [3.8, 4) is 16.2 Å². The third-order valence-electron chi connectivity index (χ3n) is 3.62. The Labute approximate surface area is 165 Å². The number of carbonyl (C=O) groups excluding carboxylic acids is 1. The minimum absolute atomic E-state index is 0.319. The number of thiophene rings is 1. The highest BCUT2D eigenvalue weighted by atomic mass is 32.1. The van der Waals surface area contributed by atoms with Crippen LogP contribution in [0.15, 0.2) is 54.6 Å². The van der Waals surface area contributed by atoms with E-state index in [4.69, 9.17) is 0 Å². The quantitative estimate of drug-likeness (QED) is 0.493. The van der Waals surface area contributed by atoms with E-state index in [2.05, 4.69) is 39.0 Å². The van der Waals surface area contributed by atoms with Gasteiger partial charge in [0.05, 0.1) is 0 Å². The van der Waals surface area contributed by atoms with Crippen molar-refractivity contribution < 1.29 is 9.90 Å². The topological polar surface area (TPSA) is 37.3 Å². The minimum Gasteiger partial charge on any atom is -0.508 e. The first-order valence-electron chi connectivity index (χ1n) is 9.02. The second kappa shape index (κ2) is 9.89. The average molecular weight is 379 g/mol. The molecule has 1 heterocycles. The van der Waals surface area contributed by atoms with Crippen molar-refractivity contribution >= 4 is 29.8 Å². The zero-order chi connectivity index (χ0) is 19.8. The number of benzene rings is 2. The number of carbonyl (C=O) groups is 1. The second-order valence-electron chi connectivity index (χ2n) is 7.05. The summed E-state index contributed by atoms with van der Waals surface area (Å²) < 4.78 is 0. The van der Waals surface area contributed by atoms with Crippen LogP contribution in [-0.4, -0.2) is 11.4 Å². The Morgan fingerprint density at radius 1 is 0.889 bits per heavy atom. The van der Waals surface area contributed by atoms with E-state index in [1.807, 2.05) is 49.4 Å². The van der Waals surface area contributed by atoms with Gasteiger partial charge in [0.2, 0.25) is 0 Å². The number of phenols is 1. The molecule has 0 unspecified atom stereocenters. The summed E-state index contributed by atoms with van der Waals surface area (Å²) in [5, 5.41) is 9.55. The van der Waals surface area contributed by atoms with E-state index in [9.17, 15) is 9.90 Å². The highest BCUT2D eigenvalue weighted by molar-refractivity contribution is 7.16. The van der Waals surface area contributed by atoms with Crippen LogP contribution in [0.1, 0.15) is 47.1 Å². The highest BCUT2D eigenvalue weighted by Gasteiger charge is 2.02. The Hall–Kier alpha value is -2.65. The predicted octanol–water partition coefficient (Wildman–Crippen LogP) is 7.07. The van der Waals surface area contributed by atoms with Crippen LogP contribution in [0.25, 0.3) is 22.6 Å². The second-order valence-corrected chi connectivity index (χ2v) is 8.17. The lowest BCUT2D eigenvalue weighted by Gasteiger charge is -1.99. The van der Waals surface area contributed by atoms with Crippen LogP contribution in [0.5, 0.6) is 5.75 Å². The van der Waals surface area contributed by atoms with E-state index in [0.29, 0.717) is 11.3 Å². The van der Waals surface area contributed by atoms with Crippen molar-refractivity contribution in [2.45, 2.75) is 27.7 Å². The summed E-state index contributed by atoms with van der Waals surface area (Å²) in [5.74, 6) is 1.15. The molecule has 0 saturated heterocycles. The largest absolute Gasteiger partial charge is 0.508 e. The molecule has 2 aromatic carbocycles. The van der Waals surface area contributed by atoms with Gasteiger partial charge < -0.3 is 5.11 Å². The van der Waals surface area contributed by atoms with Gasteiger partial charge in [0.15, 0.2) is 0 Å². The SMILES string of the molecule is CC(C)C.Cc1cc(/C=C/c2ccc(-c3ccc(C=O)cc3)s2)ccc1O. The molecule has 0 aliphatic heterocycles. The molecule has 3 rings (SSSR count). The summed E-state index contributed by atoms with van der Waals surface area (Å²) >= 11 is 1.70. The lowest BCUT2D eigenvalue weighted by Crippen LogP contribution is -1.78. The van der Waals surface area contributed by atoms with Crippen molar-refractivity contribution in [2.24, 2.45) is 5.92 Å². The summed E-state index contributed by atoms with van der Waals surface area (Å²) in [6, 6.07) is 17.3. The van der Waals surface area contributed by atoms with Crippen molar-refractivity contribution in [2.75, 3.05) is 0 Å². The van der Waals surface area contributed by atoms with Crippen LogP contribution >= 0.6 is 11.3 Å². The molecule has 3 aromatic rings. The number of aldehydes is 1. The van der Waals surface area contributed by atoms with Gasteiger partial charge >= 0.3 is 0 Å². The molecular formula is C24H26O2S. The van der Waals surface area contributed by atoms with E-state index in [-0.39, 0.29) is 0 Å². The van der Waals surface area contributed by atoms with E-state index in [0.717, 1.165) is 33.8 Å². The van der Waals surface area contributed by atoms with Crippen LogP contribution in [0.4, 0.5) is 0 Å². The molecule has 0 atom stereocenters. The minimum atomic E-state index is 0.319. The fourth-order valence-electron chi connectivity index (χ4n) is 2.28. The smallest absolute Gasteiger partial charge is 0.150 e. The first-order chi connectivity index (χ1) is 12.9. The molecular weight excluding hydrogens is 352 g/mol. The van der Waals surface area contributed by atoms with Gasteiger partial charge in [-0.1, -0.05) is 57.2 Å². The Kier molecular flexibility index (Phi) is 7.56. The molecule has 2 nitrogen and oxygen atoms in total. The van der Waals surface area contributed by atoms with Gasteiger partial charge in [-0.2, -0.15) is 0 Å². The van der Waals surface area contributed by atoms with Gasteiger partial charge in [0.1, 0.15) is 12.0 Å². The van der Waals surface area contributed by atoms with E-state index in [1.165, 1.54) is 4.88 Å². The summed E-state index contributed by atoms with van der Waals surface area (Å²) in [7, 11) is 0. The summed E-state index contributed by atoms with van der Waals surface area (Å²) in [6.45, 7) is 8.39. The third kappa shape index (κ3) is 6.54. The van der Waals surface area contributed by atoms with Gasteiger partial charge in [0, 0.05) is 15.3 Å². The Bertz CT molecular complexity index is 900. The van der Waals surface area contributed by atoms with Crippen LogP contribution in [0.2, 0.25) is 0 Å². The molecule has 1 aromatic heterocycles. The molecule has 0 amide bonds. The number of rotatable bonds is 4. The summed E-state index contributed by atoms with van der Waals surface area (Å²) in [5.41, 5.74) is 3.73. The summed E-state index contributed by atoms with van der Waals surface area (Å²) in [4.78, 5) is 13.0. The number of hydrogen-bond acceptors (Lipinski definition) is 3. The molecule has 140 valence electrons. The molecule has 27 heavy (non-hydrogen) atoms. The lowest BCUT2D eigenvalue weighted by atomic mass is 10.1. The van der Waals surface area contributed by atoms with Gasteiger partial charge in [-0.25, -0.2) is 0 Å². The van der Waals surface area contributed by atoms with Crippen LogP contribution < -0.4 is 0 Å². The number of phenolic OH excluding ortho intramolecular Hbond substituents is 1. The Morgan fingerprint density at radius 2 is 1.52 bits per heavy atom. The number of aryl methyl sites for hydroxylation is 1. The van der Waals surface area contributed by atoms with E-state index >= 15 is 0 Å². The van der Waals surface area contributed by atoms with Crippen molar-refractivity contribution in [3.63, 3.8) is 0 Å². The first-order valence-corrected chi connectivity index (χ1v) is 9.84. The molecule has 0 radical (unpaired) electrons. The van der Waals surface area contributed by atoms with Crippen molar-refractivity contribution in [1.82, 2.24) is 0 Å². The molecule has 0 fully saturated rings. The van der Waals surface area contributed by atoms with Gasteiger partial charge in [-0.05, 0) is 59.9 Å². The fraction of sp³-hybridized carbons (Fsp3) is 0.208. The van der Waals surface area contributed by atoms with Crippen LogP contribution in [0.3, 0.4) is 0 Å². The Balaban J connectivity index is 0.000000596. The Morgan fingerprint density at radius 3 is 2.11 bits per heavy atom. The molecule has 0 aliphatic rings. The number of hydrogen-bond donors (Lipinski definition) is 1. The molecule has 0 spiro atoms. The predicted molar refractivity (Wildman–Crippen MR) is 117 cm³/mol. The van der Waals surface area contributed by atoms with Gasteiger partial charge in [-0.3, -0.25) is 4.79 Å². The monoisotopic (exact) mass is 378 g/mol. The highest BCUT2D eigenvalue weighted by Crippen LogP contribution is 2.29. The molecule has 0 saturated carbocycles. The normalized spacial score (nSPS) is 10.7. The molecule has 3 heteroatoms.